The monoisotopic (exact) mass is 243 g/mol. The molecule has 18 heavy (non-hydrogen) atoms. The van der Waals surface area contributed by atoms with Crippen LogP contribution in [0.4, 0.5) is 0 Å². The van der Waals surface area contributed by atoms with Crippen molar-refractivity contribution >= 4 is 0 Å². The minimum atomic E-state index is 0.650. The van der Waals surface area contributed by atoms with E-state index in [0.717, 1.165) is 24.8 Å². The van der Waals surface area contributed by atoms with Gasteiger partial charge in [-0.3, -0.25) is 0 Å². The van der Waals surface area contributed by atoms with Crippen molar-refractivity contribution in [3.63, 3.8) is 0 Å². The molecule has 0 amide bonds. The summed E-state index contributed by atoms with van der Waals surface area (Å²) in [6, 6.07) is 11.3. The van der Waals surface area contributed by atoms with Gasteiger partial charge in [0.15, 0.2) is 0 Å². The summed E-state index contributed by atoms with van der Waals surface area (Å²) in [5.74, 6) is 1.56. The predicted octanol–water partition coefficient (Wildman–Crippen LogP) is 4.16. The fraction of sp³-hybridized carbons (Fsp3) is 0.529. The third-order valence-corrected chi connectivity index (χ3v) is 4.21. The van der Waals surface area contributed by atoms with E-state index >= 15 is 0 Å². The minimum absolute atomic E-state index is 0.650. The molecule has 1 heteroatoms. The van der Waals surface area contributed by atoms with Gasteiger partial charge in [-0.05, 0) is 36.7 Å². The summed E-state index contributed by atoms with van der Waals surface area (Å²) in [4.78, 5) is 0. The Balaban J connectivity index is 1.93. The molecule has 3 atom stereocenters. The molecule has 0 unspecified atom stereocenters. The summed E-state index contributed by atoms with van der Waals surface area (Å²) in [5.41, 5.74) is 1.38. The van der Waals surface area contributed by atoms with Crippen LogP contribution in [0.2, 0.25) is 0 Å². The summed E-state index contributed by atoms with van der Waals surface area (Å²) in [6.07, 6.45) is 7.32. The van der Waals surface area contributed by atoms with E-state index in [4.69, 9.17) is 0 Å². The smallest absolute Gasteiger partial charge is 0.0208 e. The molecule has 0 saturated heterocycles. The second kappa shape index (κ2) is 6.75. The molecule has 1 aliphatic carbocycles. The van der Waals surface area contributed by atoms with Gasteiger partial charge in [-0.2, -0.15) is 0 Å². The fourth-order valence-electron chi connectivity index (χ4n) is 3.20. The summed E-state index contributed by atoms with van der Waals surface area (Å²) >= 11 is 0. The van der Waals surface area contributed by atoms with Gasteiger partial charge >= 0.3 is 0 Å². The SMILES string of the molecule is C=CC[C@@H]1CCC[C@@H](C)[C@@H]1NCc1ccccc1. The number of allylic oxidation sites excluding steroid dienone is 1. The van der Waals surface area contributed by atoms with E-state index in [9.17, 15) is 0 Å². The number of hydrogen-bond acceptors (Lipinski definition) is 1. The topological polar surface area (TPSA) is 12.0 Å². The number of benzene rings is 1. The average molecular weight is 243 g/mol. The van der Waals surface area contributed by atoms with Crippen molar-refractivity contribution in [1.82, 2.24) is 5.32 Å². The molecule has 0 aliphatic heterocycles. The Kier molecular flexibility index (Phi) is 5.00. The maximum atomic E-state index is 3.90. The molecule has 1 aromatic carbocycles. The quantitative estimate of drug-likeness (QED) is 0.766. The Labute approximate surface area is 111 Å². The van der Waals surface area contributed by atoms with Gasteiger partial charge in [0.25, 0.3) is 0 Å². The van der Waals surface area contributed by atoms with Crippen molar-refractivity contribution in [2.75, 3.05) is 0 Å². The lowest BCUT2D eigenvalue weighted by Gasteiger charge is -2.37. The molecule has 2 rings (SSSR count). The molecule has 0 aromatic heterocycles. The highest BCUT2D eigenvalue weighted by atomic mass is 14.9. The molecule has 0 heterocycles. The van der Waals surface area contributed by atoms with E-state index in [2.05, 4.69) is 55.2 Å². The maximum Gasteiger partial charge on any atom is 0.0208 e. The molecule has 1 saturated carbocycles. The van der Waals surface area contributed by atoms with Crippen LogP contribution in [-0.4, -0.2) is 6.04 Å². The van der Waals surface area contributed by atoms with Crippen LogP contribution in [-0.2, 0) is 6.54 Å². The van der Waals surface area contributed by atoms with Gasteiger partial charge in [-0.25, -0.2) is 0 Å². The van der Waals surface area contributed by atoms with Crippen LogP contribution >= 0.6 is 0 Å². The van der Waals surface area contributed by atoms with Crippen LogP contribution in [0.25, 0.3) is 0 Å². The van der Waals surface area contributed by atoms with Crippen LogP contribution in [0.15, 0.2) is 43.0 Å². The Morgan fingerprint density at radius 1 is 1.28 bits per heavy atom. The Hall–Kier alpha value is -1.08. The largest absolute Gasteiger partial charge is 0.309 e. The Bertz CT molecular complexity index is 357. The third-order valence-electron chi connectivity index (χ3n) is 4.21. The number of rotatable bonds is 5. The van der Waals surface area contributed by atoms with Crippen molar-refractivity contribution in [3.05, 3.63) is 48.6 Å². The van der Waals surface area contributed by atoms with Crippen molar-refractivity contribution in [1.29, 1.82) is 0 Å². The standard InChI is InChI=1S/C17H25N/c1-3-8-16-12-7-9-14(2)17(16)18-13-15-10-5-4-6-11-15/h3-6,10-11,14,16-18H,1,7-9,12-13H2,2H3/t14-,16-,17+/m1/s1. The zero-order valence-electron chi connectivity index (χ0n) is 11.4. The molecule has 1 aromatic rings. The first-order chi connectivity index (χ1) is 8.81. The van der Waals surface area contributed by atoms with E-state index in [-0.39, 0.29) is 0 Å². The van der Waals surface area contributed by atoms with E-state index in [1.54, 1.807) is 0 Å². The highest BCUT2D eigenvalue weighted by Gasteiger charge is 2.29. The molecule has 0 radical (unpaired) electrons. The molecular weight excluding hydrogens is 218 g/mol. The van der Waals surface area contributed by atoms with Crippen molar-refractivity contribution in [2.24, 2.45) is 11.8 Å². The zero-order valence-corrected chi connectivity index (χ0v) is 11.4. The fourth-order valence-corrected chi connectivity index (χ4v) is 3.20. The Morgan fingerprint density at radius 2 is 2.06 bits per heavy atom. The first-order valence-corrected chi connectivity index (χ1v) is 7.19. The van der Waals surface area contributed by atoms with Crippen LogP contribution in [0.5, 0.6) is 0 Å². The molecule has 98 valence electrons. The maximum absolute atomic E-state index is 3.90. The molecular formula is C17H25N. The predicted molar refractivity (Wildman–Crippen MR) is 78.4 cm³/mol. The van der Waals surface area contributed by atoms with E-state index in [1.165, 1.54) is 24.8 Å². The van der Waals surface area contributed by atoms with E-state index in [1.807, 2.05) is 0 Å². The summed E-state index contributed by atoms with van der Waals surface area (Å²) in [5, 5.41) is 3.77. The van der Waals surface area contributed by atoms with Gasteiger partial charge in [0.1, 0.15) is 0 Å². The number of nitrogens with one attached hydrogen (secondary N) is 1. The normalized spacial score (nSPS) is 27.9. The molecule has 1 fully saturated rings. The molecule has 1 aliphatic rings. The molecule has 0 bridgehead atoms. The van der Waals surface area contributed by atoms with Gasteiger partial charge < -0.3 is 5.32 Å². The van der Waals surface area contributed by atoms with Crippen molar-refractivity contribution in [2.45, 2.75) is 45.2 Å². The van der Waals surface area contributed by atoms with Crippen LogP contribution in [0, 0.1) is 11.8 Å². The first-order valence-electron chi connectivity index (χ1n) is 7.19. The lowest BCUT2D eigenvalue weighted by Crippen LogP contribution is -2.43. The second-order valence-electron chi connectivity index (χ2n) is 5.58. The molecule has 1 nitrogen and oxygen atoms in total. The minimum Gasteiger partial charge on any atom is -0.309 e. The lowest BCUT2D eigenvalue weighted by molar-refractivity contribution is 0.195. The summed E-state index contributed by atoms with van der Waals surface area (Å²) in [6.45, 7) is 7.28. The highest BCUT2D eigenvalue weighted by Crippen LogP contribution is 2.31. The van der Waals surface area contributed by atoms with E-state index in [0.29, 0.717) is 6.04 Å². The van der Waals surface area contributed by atoms with Gasteiger partial charge in [0, 0.05) is 12.6 Å². The Morgan fingerprint density at radius 3 is 2.78 bits per heavy atom. The van der Waals surface area contributed by atoms with Crippen LogP contribution < -0.4 is 5.32 Å². The van der Waals surface area contributed by atoms with Crippen LogP contribution in [0.3, 0.4) is 0 Å². The second-order valence-corrected chi connectivity index (χ2v) is 5.58. The third kappa shape index (κ3) is 3.46. The molecule has 0 spiro atoms. The molecule has 1 N–H and O–H groups in total. The van der Waals surface area contributed by atoms with E-state index < -0.39 is 0 Å². The first kappa shape index (κ1) is 13.4. The average Bonchev–Trinajstić information content (AvgIpc) is 2.40. The van der Waals surface area contributed by atoms with Gasteiger partial charge in [0.05, 0.1) is 0 Å². The van der Waals surface area contributed by atoms with Gasteiger partial charge in [-0.1, -0.05) is 49.8 Å². The van der Waals surface area contributed by atoms with Crippen molar-refractivity contribution < 1.29 is 0 Å². The van der Waals surface area contributed by atoms with Crippen molar-refractivity contribution in [3.8, 4) is 0 Å². The number of hydrogen-bond donors (Lipinski definition) is 1. The highest BCUT2D eigenvalue weighted by molar-refractivity contribution is 5.14. The lowest BCUT2D eigenvalue weighted by atomic mass is 9.76. The van der Waals surface area contributed by atoms with Gasteiger partial charge in [0.2, 0.25) is 0 Å². The van der Waals surface area contributed by atoms with Gasteiger partial charge in [-0.15, -0.1) is 6.58 Å². The van der Waals surface area contributed by atoms with Crippen LogP contribution in [0.1, 0.15) is 38.2 Å². The summed E-state index contributed by atoms with van der Waals surface area (Å²) < 4.78 is 0. The zero-order chi connectivity index (χ0) is 12.8. The summed E-state index contributed by atoms with van der Waals surface area (Å²) in [7, 11) is 0.